The molecule has 7 nitrogen and oxygen atoms in total. The summed E-state index contributed by atoms with van der Waals surface area (Å²) in [5.41, 5.74) is 2.07. The summed E-state index contributed by atoms with van der Waals surface area (Å²) >= 11 is 1.69. The first-order valence-electron chi connectivity index (χ1n) is 10.7. The molecule has 1 saturated heterocycles. The minimum Gasteiger partial charge on any atom is -0.357 e. The van der Waals surface area contributed by atoms with Crippen LogP contribution >= 0.6 is 35.7 Å². The lowest BCUT2D eigenvalue weighted by Crippen LogP contribution is -2.49. The number of halogens is 2. The molecule has 0 radical (unpaired) electrons. The highest BCUT2D eigenvalue weighted by molar-refractivity contribution is 14.0. The zero-order valence-corrected chi connectivity index (χ0v) is 21.9. The molecule has 0 saturated carbocycles. The molecule has 2 heterocycles. The largest absolute Gasteiger partial charge is 0.357 e. The molecule has 0 bridgehead atoms. The van der Waals surface area contributed by atoms with Crippen LogP contribution in [-0.4, -0.2) is 72.9 Å². The molecule has 1 fully saturated rings. The second-order valence-electron chi connectivity index (χ2n) is 7.35. The zero-order valence-electron chi connectivity index (χ0n) is 18.8. The molecule has 2 aromatic rings. The Kier molecular flexibility index (Phi) is 12.0. The molecular weight excluding hydrogens is 540 g/mol. The fourth-order valence-electron chi connectivity index (χ4n) is 3.50. The van der Waals surface area contributed by atoms with Gasteiger partial charge < -0.3 is 15.5 Å². The SMILES string of the molecule is CCNC(=NCc1ccc(F)cc1CSC)NCCN1CCN(c2ncccn2)CC1.I. The second-order valence-corrected chi connectivity index (χ2v) is 8.21. The summed E-state index contributed by atoms with van der Waals surface area (Å²) in [5, 5.41) is 6.72. The average Bonchev–Trinajstić information content (AvgIpc) is 2.80. The number of aromatic nitrogens is 2. The van der Waals surface area contributed by atoms with Gasteiger partial charge in [0.05, 0.1) is 6.54 Å². The molecule has 2 N–H and O–H groups in total. The molecule has 176 valence electrons. The highest BCUT2D eigenvalue weighted by atomic mass is 127. The van der Waals surface area contributed by atoms with Crippen molar-refractivity contribution < 1.29 is 4.39 Å². The quantitative estimate of drug-likeness (QED) is 0.272. The van der Waals surface area contributed by atoms with Crippen LogP contribution in [0.1, 0.15) is 18.1 Å². The molecule has 0 atom stereocenters. The second kappa shape index (κ2) is 14.5. The number of aliphatic imine (C=N–C) groups is 1. The normalized spacial score (nSPS) is 14.7. The van der Waals surface area contributed by atoms with E-state index in [1.165, 1.54) is 6.07 Å². The van der Waals surface area contributed by atoms with Crippen molar-refractivity contribution in [1.82, 2.24) is 25.5 Å². The Morgan fingerprint density at radius 2 is 1.88 bits per heavy atom. The van der Waals surface area contributed by atoms with E-state index < -0.39 is 0 Å². The number of benzene rings is 1. The third-order valence-corrected chi connectivity index (χ3v) is 5.75. The molecule has 1 aromatic heterocycles. The van der Waals surface area contributed by atoms with Crippen molar-refractivity contribution in [2.75, 3.05) is 57.0 Å². The maximum atomic E-state index is 13.6. The van der Waals surface area contributed by atoms with Crippen molar-refractivity contribution in [3.8, 4) is 0 Å². The molecule has 1 aromatic carbocycles. The van der Waals surface area contributed by atoms with Gasteiger partial charge in [-0.05, 0) is 42.5 Å². The number of nitrogens with one attached hydrogen (secondary N) is 2. The average molecular weight is 574 g/mol. The number of hydrogen-bond acceptors (Lipinski definition) is 6. The molecule has 0 aliphatic carbocycles. The van der Waals surface area contributed by atoms with Crippen molar-refractivity contribution in [3.05, 3.63) is 53.6 Å². The smallest absolute Gasteiger partial charge is 0.225 e. The van der Waals surface area contributed by atoms with Crippen molar-refractivity contribution in [3.63, 3.8) is 0 Å². The van der Waals surface area contributed by atoms with Crippen LogP contribution in [0.3, 0.4) is 0 Å². The fourth-order valence-corrected chi connectivity index (χ4v) is 4.08. The zero-order chi connectivity index (χ0) is 21.9. The predicted octanol–water partition coefficient (Wildman–Crippen LogP) is 2.97. The van der Waals surface area contributed by atoms with Crippen molar-refractivity contribution in [2.24, 2.45) is 4.99 Å². The minimum atomic E-state index is -0.194. The van der Waals surface area contributed by atoms with Gasteiger partial charge in [-0.2, -0.15) is 11.8 Å². The first kappa shape index (κ1) is 26.6. The van der Waals surface area contributed by atoms with Gasteiger partial charge in [-0.1, -0.05) is 6.07 Å². The van der Waals surface area contributed by atoms with E-state index in [2.05, 4.69) is 37.3 Å². The van der Waals surface area contributed by atoms with Crippen molar-refractivity contribution >= 4 is 47.6 Å². The van der Waals surface area contributed by atoms with E-state index in [1.54, 1.807) is 30.2 Å². The molecule has 0 amide bonds. The van der Waals surface area contributed by atoms with Crippen LogP contribution in [0.15, 0.2) is 41.7 Å². The van der Waals surface area contributed by atoms with E-state index in [1.807, 2.05) is 18.4 Å². The number of rotatable bonds is 9. The first-order valence-corrected chi connectivity index (χ1v) is 12.1. The summed E-state index contributed by atoms with van der Waals surface area (Å²) in [6.45, 7) is 8.98. The van der Waals surface area contributed by atoms with E-state index in [0.717, 1.165) is 74.6 Å². The van der Waals surface area contributed by atoms with Crippen LogP contribution in [0.4, 0.5) is 10.3 Å². The van der Waals surface area contributed by atoms with Crippen LogP contribution in [0.2, 0.25) is 0 Å². The van der Waals surface area contributed by atoms with Gasteiger partial charge in [0.2, 0.25) is 5.95 Å². The van der Waals surface area contributed by atoms with Gasteiger partial charge in [-0.15, -0.1) is 24.0 Å². The Bertz CT molecular complexity index is 832. The standard InChI is InChI=1S/C22H32FN7S.HI/c1-3-24-21(28-16-18-5-6-20(23)15-19(18)17-31-2)25-9-10-29-11-13-30(14-12-29)22-26-7-4-8-27-22;/h4-8,15H,3,9-14,16-17H2,1-2H3,(H2,24,25,28);1H. The Morgan fingerprint density at radius 1 is 1.12 bits per heavy atom. The maximum Gasteiger partial charge on any atom is 0.225 e. The Hall–Kier alpha value is -1.66. The summed E-state index contributed by atoms with van der Waals surface area (Å²) in [6.07, 6.45) is 5.60. The molecule has 0 unspecified atom stereocenters. The minimum absolute atomic E-state index is 0. The lowest BCUT2D eigenvalue weighted by atomic mass is 10.1. The summed E-state index contributed by atoms with van der Waals surface area (Å²) < 4.78 is 13.6. The molecule has 0 spiro atoms. The summed E-state index contributed by atoms with van der Waals surface area (Å²) in [5.74, 6) is 2.19. The van der Waals surface area contributed by atoms with Gasteiger partial charge in [-0.3, -0.25) is 4.90 Å². The number of nitrogens with zero attached hydrogens (tertiary/aromatic N) is 5. The summed E-state index contributed by atoms with van der Waals surface area (Å²) in [4.78, 5) is 18.1. The Morgan fingerprint density at radius 3 is 2.56 bits per heavy atom. The topological polar surface area (TPSA) is 68.7 Å². The van der Waals surface area contributed by atoms with E-state index >= 15 is 0 Å². The van der Waals surface area contributed by atoms with E-state index in [-0.39, 0.29) is 29.8 Å². The Balaban J connectivity index is 0.00000363. The number of hydrogen-bond donors (Lipinski definition) is 2. The lowest BCUT2D eigenvalue weighted by molar-refractivity contribution is 0.260. The van der Waals surface area contributed by atoms with Gasteiger partial charge >= 0.3 is 0 Å². The highest BCUT2D eigenvalue weighted by Gasteiger charge is 2.18. The van der Waals surface area contributed by atoms with Gasteiger partial charge in [0, 0.05) is 64.0 Å². The van der Waals surface area contributed by atoms with E-state index in [0.29, 0.717) is 6.54 Å². The summed E-state index contributed by atoms with van der Waals surface area (Å²) in [6, 6.07) is 6.80. The molecule has 32 heavy (non-hydrogen) atoms. The van der Waals surface area contributed by atoms with Gasteiger partial charge in [0.15, 0.2) is 5.96 Å². The van der Waals surface area contributed by atoms with Crippen molar-refractivity contribution in [1.29, 1.82) is 0 Å². The van der Waals surface area contributed by atoms with Crippen LogP contribution in [0, 0.1) is 5.82 Å². The van der Waals surface area contributed by atoms with E-state index in [4.69, 9.17) is 4.99 Å². The van der Waals surface area contributed by atoms with Gasteiger partial charge in [0.1, 0.15) is 5.82 Å². The Labute approximate surface area is 211 Å². The number of thioether (sulfide) groups is 1. The number of piperazine rings is 1. The number of anilines is 1. The number of guanidine groups is 1. The lowest BCUT2D eigenvalue weighted by Gasteiger charge is -2.34. The molecular formula is C22H33FIN7S. The molecule has 10 heteroatoms. The molecule has 3 rings (SSSR count). The van der Waals surface area contributed by atoms with Crippen LogP contribution < -0.4 is 15.5 Å². The van der Waals surface area contributed by atoms with Crippen LogP contribution in [0.25, 0.3) is 0 Å². The van der Waals surface area contributed by atoms with Gasteiger partial charge in [-0.25, -0.2) is 19.4 Å². The molecule has 1 aliphatic heterocycles. The molecule has 1 aliphatic rings. The fraction of sp³-hybridized carbons (Fsp3) is 0.500. The maximum absolute atomic E-state index is 13.6. The highest BCUT2D eigenvalue weighted by Crippen LogP contribution is 2.17. The third-order valence-electron chi connectivity index (χ3n) is 5.15. The third kappa shape index (κ3) is 8.36. The first-order chi connectivity index (χ1) is 15.2. The monoisotopic (exact) mass is 573 g/mol. The summed E-state index contributed by atoms with van der Waals surface area (Å²) in [7, 11) is 0. The van der Waals surface area contributed by atoms with Crippen LogP contribution in [-0.2, 0) is 12.3 Å². The predicted molar refractivity (Wildman–Crippen MR) is 143 cm³/mol. The van der Waals surface area contributed by atoms with E-state index in [9.17, 15) is 4.39 Å². The van der Waals surface area contributed by atoms with Gasteiger partial charge in [0.25, 0.3) is 0 Å². The van der Waals surface area contributed by atoms with Crippen molar-refractivity contribution in [2.45, 2.75) is 19.2 Å². The van der Waals surface area contributed by atoms with Crippen LogP contribution in [0.5, 0.6) is 0 Å².